The fourth-order valence-corrected chi connectivity index (χ4v) is 2.35. The zero-order chi connectivity index (χ0) is 19.9. The van der Waals surface area contributed by atoms with Crippen LogP contribution in [0.2, 0.25) is 0 Å². The number of ether oxygens (including phenoxy) is 2. The summed E-state index contributed by atoms with van der Waals surface area (Å²) in [5.74, 6) is 1.00. The minimum Gasteiger partial charge on any atom is -0.481 e. The first-order chi connectivity index (χ1) is 13.5. The van der Waals surface area contributed by atoms with Gasteiger partial charge in [0.15, 0.2) is 6.10 Å². The van der Waals surface area contributed by atoms with E-state index < -0.39 is 6.10 Å². The summed E-state index contributed by atoms with van der Waals surface area (Å²) in [6.07, 6.45) is -0.740. The van der Waals surface area contributed by atoms with Crippen molar-refractivity contribution in [2.45, 2.75) is 13.0 Å². The fourth-order valence-electron chi connectivity index (χ4n) is 2.35. The van der Waals surface area contributed by atoms with Gasteiger partial charge in [-0.2, -0.15) is 5.26 Å². The van der Waals surface area contributed by atoms with Crippen molar-refractivity contribution in [3.63, 3.8) is 0 Å². The summed E-state index contributed by atoms with van der Waals surface area (Å²) in [6, 6.07) is 21.2. The van der Waals surface area contributed by atoms with Crippen molar-refractivity contribution in [1.82, 2.24) is 0 Å². The first-order valence-electron chi connectivity index (χ1n) is 8.54. The van der Waals surface area contributed by atoms with E-state index in [-0.39, 0.29) is 11.7 Å². The molecule has 0 aromatic heterocycles. The lowest BCUT2D eigenvalue weighted by molar-refractivity contribution is -0.122. The number of nitrogens with zero attached hydrogens (tertiary/aromatic N) is 1. The number of nitrogens with one attached hydrogen (secondary N) is 1. The number of hydrogen-bond acceptors (Lipinski definition) is 4. The number of anilines is 1. The Balaban J connectivity index is 1.56. The standard InChI is InChI=1S/C22H17FN2O3/c1-15(22(26)25-18-6-4-17(23)5-7-18)27-19-10-12-21(13-11-19)28-20-8-2-16(14-24)3-9-20/h2-13,15H,1H3,(H,25,26). The van der Waals surface area contributed by atoms with E-state index in [1.54, 1.807) is 55.5 Å². The van der Waals surface area contributed by atoms with Gasteiger partial charge >= 0.3 is 0 Å². The van der Waals surface area contributed by atoms with Crippen LogP contribution in [0.15, 0.2) is 72.8 Å². The molecule has 0 saturated heterocycles. The van der Waals surface area contributed by atoms with E-state index in [1.807, 2.05) is 6.07 Å². The summed E-state index contributed by atoms with van der Waals surface area (Å²) in [4.78, 5) is 12.2. The van der Waals surface area contributed by atoms with Crippen molar-refractivity contribution in [3.8, 4) is 23.3 Å². The molecule has 0 aliphatic carbocycles. The van der Waals surface area contributed by atoms with Gasteiger partial charge in [0.2, 0.25) is 0 Å². The van der Waals surface area contributed by atoms with Gasteiger partial charge in [0.1, 0.15) is 23.1 Å². The van der Waals surface area contributed by atoms with Crippen molar-refractivity contribution in [1.29, 1.82) is 5.26 Å². The Morgan fingerprint density at radius 1 is 0.929 bits per heavy atom. The number of amides is 1. The molecule has 1 unspecified atom stereocenters. The van der Waals surface area contributed by atoms with E-state index in [9.17, 15) is 9.18 Å². The van der Waals surface area contributed by atoms with Crippen LogP contribution in [0.25, 0.3) is 0 Å². The highest BCUT2D eigenvalue weighted by molar-refractivity contribution is 5.94. The van der Waals surface area contributed by atoms with E-state index in [2.05, 4.69) is 5.32 Å². The third-order valence-electron chi connectivity index (χ3n) is 3.84. The van der Waals surface area contributed by atoms with E-state index in [0.717, 1.165) is 0 Å². The van der Waals surface area contributed by atoms with Crippen LogP contribution >= 0.6 is 0 Å². The van der Waals surface area contributed by atoms with Crippen molar-refractivity contribution in [2.75, 3.05) is 5.32 Å². The average Bonchev–Trinajstić information content (AvgIpc) is 2.71. The van der Waals surface area contributed by atoms with Gasteiger partial charge in [-0.1, -0.05) is 0 Å². The monoisotopic (exact) mass is 376 g/mol. The molecule has 0 radical (unpaired) electrons. The maximum atomic E-state index is 12.9. The Hall–Kier alpha value is -3.85. The second-order valence-electron chi connectivity index (χ2n) is 5.97. The molecule has 6 heteroatoms. The second-order valence-corrected chi connectivity index (χ2v) is 5.97. The third kappa shape index (κ3) is 5.08. The first-order valence-corrected chi connectivity index (χ1v) is 8.54. The minimum absolute atomic E-state index is 0.343. The molecule has 28 heavy (non-hydrogen) atoms. The molecule has 3 aromatic rings. The highest BCUT2D eigenvalue weighted by atomic mass is 19.1. The SMILES string of the molecule is CC(Oc1ccc(Oc2ccc(C#N)cc2)cc1)C(=O)Nc1ccc(F)cc1. The van der Waals surface area contributed by atoms with Crippen LogP contribution < -0.4 is 14.8 Å². The Labute approximate surface area is 162 Å². The van der Waals surface area contributed by atoms with Crippen molar-refractivity contribution in [2.24, 2.45) is 0 Å². The van der Waals surface area contributed by atoms with Crippen LogP contribution in [0.3, 0.4) is 0 Å². The molecule has 1 amide bonds. The van der Waals surface area contributed by atoms with Crippen LogP contribution in [0.5, 0.6) is 17.2 Å². The molecule has 0 aliphatic rings. The molecule has 0 bridgehead atoms. The van der Waals surface area contributed by atoms with Gasteiger partial charge in [-0.15, -0.1) is 0 Å². The number of hydrogen-bond donors (Lipinski definition) is 1. The summed E-state index contributed by atoms with van der Waals surface area (Å²) in [5.41, 5.74) is 1.05. The van der Waals surface area contributed by atoms with E-state index in [1.165, 1.54) is 24.3 Å². The molecular weight excluding hydrogens is 359 g/mol. The van der Waals surface area contributed by atoms with Gasteiger partial charge in [-0.25, -0.2) is 4.39 Å². The normalized spacial score (nSPS) is 11.2. The summed E-state index contributed by atoms with van der Waals surface area (Å²) >= 11 is 0. The van der Waals surface area contributed by atoms with Crippen molar-refractivity contribution >= 4 is 11.6 Å². The molecule has 3 rings (SSSR count). The van der Waals surface area contributed by atoms with Gasteiger partial charge in [-0.3, -0.25) is 4.79 Å². The molecular formula is C22H17FN2O3. The summed E-state index contributed by atoms with van der Waals surface area (Å²) in [5, 5.41) is 11.5. The lowest BCUT2D eigenvalue weighted by Crippen LogP contribution is -2.30. The predicted molar refractivity (Wildman–Crippen MR) is 103 cm³/mol. The molecule has 0 spiro atoms. The zero-order valence-electron chi connectivity index (χ0n) is 15.1. The number of carbonyl (C=O) groups excluding carboxylic acids is 1. The molecule has 0 heterocycles. The first kappa shape index (κ1) is 18.9. The molecule has 0 fully saturated rings. The second kappa shape index (κ2) is 8.69. The lowest BCUT2D eigenvalue weighted by Gasteiger charge is -2.15. The van der Waals surface area contributed by atoms with Crippen LogP contribution in [-0.4, -0.2) is 12.0 Å². The molecule has 140 valence electrons. The number of benzene rings is 3. The zero-order valence-corrected chi connectivity index (χ0v) is 15.1. The third-order valence-corrected chi connectivity index (χ3v) is 3.84. The van der Waals surface area contributed by atoms with E-state index in [0.29, 0.717) is 28.5 Å². The van der Waals surface area contributed by atoms with Crippen molar-refractivity contribution < 1.29 is 18.7 Å². The van der Waals surface area contributed by atoms with E-state index in [4.69, 9.17) is 14.7 Å². The summed E-state index contributed by atoms with van der Waals surface area (Å²) < 4.78 is 24.2. The number of carbonyl (C=O) groups is 1. The molecule has 1 atom stereocenters. The summed E-state index contributed by atoms with van der Waals surface area (Å²) in [7, 11) is 0. The number of nitriles is 1. The lowest BCUT2D eigenvalue weighted by atomic mass is 10.2. The average molecular weight is 376 g/mol. The van der Waals surface area contributed by atoms with Gasteiger partial charge in [-0.05, 0) is 79.7 Å². The van der Waals surface area contributed by atoms with Crippen LogP contribution in [0, 0.1) is 17.1 Å². The minimum atomic E-state index is -0.740. The fraction of sp³-hybridized carbons (Fsp3) is 0.0909. The Bertz CT molecular complexity index is 978. The molecule has 0 aliphatic heterocycles. The molecule has 1 N–H and O–H groups in total. The molecule has 5 nitrogen and oxygen atoms in total. The molecule has 0 saturated carbocycles. The Kier molecular flexibility index (Phi) is 5.87. The smallest absolute Gasteiger partial charge is 0.265 e. The highest BCUT2D eigenvalue weighted by Gasteiger charge is 2.15. The quantitative estimate of drug-likeness (QED) is 0.664. The maximum Gasteiger partial charge on any atom is 0.265 e. The van der Waals surface area contributed by atoms with Crippen LogP contribution in [0.1, 0.15) is 12.5 Å². The van der Waals surface area contributed by atoms with E-state index >= 15 is 0 Å². The van der Waals surface area contributed by atoms with Gasteiger partial charge < -0.3 is 14.8 Å². The number of halogens is 1. The van der Waals surface area contributed by atoms with Gasteiger partial charge in [0, 0.05) is 5.69 Å². The van der Waals surface area contributed by atoms with Crippen LogP contribution in [-0.2, 0) is 4.79 Å². The molecule has 3 aromatic carbocycles. The highest BCUT2D eigenvalue weighted by Crippen LogP contribution is 2.24. The summed E-state index contributed by atoms with van der Waals surface area (Å²) in [6.45, 7) is 1.63. The van der Waals surface area contributed by atoms with Crippen LogP contribution in [0.4, 0.5) is 10.1 Å². The Morgan fingerprint density at radius 3 is 2.04 bits per heavy atom. The Morgan fingerprint density at radius 2 is 1.46 bits per heavy atom. The number of rotatable bonds is 6. The predicted octanol–water partition coefficient (Wildman–Crippen LogP) is 4.90. The van der Waals surface area contributed by atoms with Crippen molar-refractivity contribution in [3.05, 3.63) is 84.2 Å². The largest absolute Gasteiger partial charge is 0.481 e. The topological polar surface area (TPSA) is 71.3 Å². The van der Waals surface area contributed by atoms with Gasteiger partial charge in [0.25, 0.3) is 5.91 Å². The van der Waals surface area contributed by atoms with Gasteiger partial charge in [0.05, 0.1) is 11.6 Å². The maximum absolute atomic E-state index is 12.9.